The predicted octanol–water partition coefficient (Wildman–Crippen LogP) is 4.99. The van der Waals surface area contributed by atoms with E-state index in [4.69, 9.17) is 0 Å². The molecule has 1 aromatic rings. The van der Waals surface area contributed by atoms with Crippen molar-refractivity contribution >= 4 is 25.1 Å². The van der Waals surface area contributed by atoms with Crippen LogP contribution in [0.5, 0.6) is 0 Å². The van der Waals surface area contributed by atoms with Gasteiger partial charge in [0.25, 0.3) is 0 Å². The Bertz CT molecular complexity index is 557. The van der Waals surface area contributed by atoms with Gasteiger partial charge in [-0.05, 0) is 35.6 Å². The van der Waals surface area contributed by atoms with E-state index in [1.54, 1.807) is 0 Å². The Hall–Kier alpha value is -0.530. The first-order valence-corrected chi connectivity index (χ1v) is 10.8. The molecule has 0 radical (unpaired) electrons. The molecular formula is C16H23BrF2S. The van der Waals surface area contributed by atoms with Crippen LogP contribution in [-0.2, 0) is 6.42 Å². The average molecular weight is 365 g/mol. The van der Waals surface area contributed by atoms with E-state index in [0.29, 0.717) is 4.47 Å². The van der Waals surface area contributed by atoms with Gasteiger partial charge >= 0.3 is 0 Å². The molecule has 0 bridgehead atoms. The smallest absolute Gasteiger partial charge is 0.131 e. The third-order valence-corrected chi connectivity index (χ3v) is 10.3. The molecule has 1 aromatic carbocycles. The molecule has 0 amide bonds. The van der Waals surface area contributed by atoms with Gasteiger partial charge in [0.05, 0.1) is 0 Å². The fraction of sp³-hybridized carbons (Fsp3) is 0.500. The topological polar surface area (TPSA) is 0 Å². The van der Waals surface area contributed by atoms with Crippen molar-refractivity contribution in [3.05, 3.63) is 33.8 Å². The molecule has 1 rings (SSSR count). The van der Waals surface area contributed by atoms with Crippen LogP contribution in [0.25, 0.3) is 0 Å². The highest BCUT2D eigenvalue weighted by Crippen LogP contribution is 2.68. The summed E-state index contributed by atoms with van der Waals surface area (Å²) in [6.07, 6.45) is 6.67. The second-order valence-electron chi connectivity index (χ2n) is 7.28. The maximum absolute atomic E-state index is 13.7. The summed E-state index contributed by atoms with van der Waals surface area (Å²) < 4.78 is 27.9. The maximum atomic E-state index is 13.7. The molecule has 0 aliphatic heterocycles. The van der Waals surface area contributed by atoms with Gasteiger partial charge in [0, 0.05) is 16.5 Å². The van der Waals surface area contributed by atoms with Crippen molar-refractivity contribution in [2.24, 2.45) is 0 Å². The molecule has 0 spiro atoms. The van der Waals surface area contributed by atoms with Gasteiger partial charge in [-0.25, -0.2) is 17.9 Å². The highest BCUT2D eigenvalue weighted by molar-refractivity contribution is 9.10. The first-order chi connectivity index (χ1) is 8.82. The van der Waals surface area contributed by atoms with E-state index in [9.17, 15) is 8.78 Å². The highest BCUT2D eigenvalue weighted by atomic mass is 79.9. The van der Waals surface area contributed by atoms with Gasteiger partial charge in [-0.1, -0.05) is 47.9 Å². The molecule has 0 aliphatic carbocycles. The second kappa shape index (κ2) is 5.35. The highest BCUT2D eigenvalue weighted by Gasteiger charge is 2.36. The normalized spacial score (nSPS) is 14.2. The lowest BCUT2D eigenvalue weighted by Gasteiger charge is -2.57. The van der Waals surface area contributed by atoms with E-state index in [0.717, 1.165) is 0 Å². The number of thiol groups is 1. The van der Waals surface area contributed by atoms with Gasteiger partial charge in [0.15, 0.2) is 0 Å². The first-order valence-electron chi connectivity index (χ1n) is 6.47. The van der Waals surface area contributed by atoms with Crippen LogP contribution in [0.4, 0.5) is 8.78 Å². The van der Waals surface area contributed by atoms with Crippen molar-refractivity contribution in [1.82, 2.24) is 0 Å². The molecule has 0 saturated carbocycles. The fourth-order valence-corrected chi connectivity index (χ4v) is 2.68. The standard InChI is InChI=1S/C16H23BrF2S/c1-16(2,3)20(4,5,6)9-7-8-13-14(18)10-12(17)11-15(13)19/h10-11,20H,8H2,1-6H3. The van der Waals surface area contributed by atoms with Crippen LogP contribution >= 0.6 is 25.1 Å². The van der Waals surface area contributed by atoms with E-state index >= 15 is 0 Å². The SMILES string of the molecule is CC(C)(C)[SH](C)(C)(C)C#CCc1c(F)cc(Br)cc1F. The van der Waals surface area contributed by atoms with Crippen molar-refractivity contribution in [2.75, 3.05) is 18.8 Å². The quantitative estimate of drug-likeness (QED) is 0.526. The van der Waals surface area contributed by atoms with Crippen LogP contribution in [-0.4, -0.2) is 23.5 Å². The Morgan fingerprint density at radius 3 is 1.95 bits per heavy atom. The van der Waals surface area contributed by atoms with Gasteiger partial charge < -0.3 is 0 Å². The van der Waals surface area contributed by atoms with Crippen LogP contribution in [0.2, 0.25) is 0 Å². The summed E-state index contributed by atoms with van der Waals surface area (Å²) >= 11 is 3.07. The van der Waals surface area contributed by atoms with E-state index in [1.807, 2.05) is 0 Å². The molecule has 0 heterocycles. The largest absolute Gasteiger partial charge is 0.237 e. The molecule has 0 saturated heterocycles. The molecular weight excluding hydrogens is 342 g/mol. The van der Waals surface area contributed by atoms with Crippen LogP contribution in [0.3, 0.4) is 0 Å². The molecule has 0 aromatic heterocycles. The Morgan fingerprint density at radius 2 is 1.55 bits per heavy atom. The van der Waals surface area contributed by atoms with E-state index in [-0.39, 0.29) is 16.7 Å². The minimum atomic E-state index is -2.19. The second-order valence-corrected chi connectivity index (χ2v) is 15.4. The van der Waals surface area contributed by atoms with Crippen molar-refractivity contribution in [1.29, 1.82) is 0 Å². The van der Waals surface area contributed by atoms with E-state index < -0.39 is 20.8 Å². The van der Waals surface area contributed by atoms with Gasteiger partial charge in [0.1, 0.15) is 11.6 Å². The number of hydrogen-bond donors (Lipinski definition) is 1. The fourth-order valence-electron chi connectivity index (χ4n) is 1.31. The summed E-state index contributed by atoms with van der Waals surface area (Å²) in [4.78, 5) is 0. The monoisotopic (exact) mass is 364 g/mol. The molecule has 114 valence electrons. The van der Waals surface area contributed by atoms with E-state index in [1.165, 1.54) is 12.1 Å². The zero-order valence-corrected chi connectivity index (χ0v) is 15.4. The molecule has 0 N–H and O–H groups in total. The molecule has 0 unspecified atom stereocenters. The van der Waals surface area contributed by atoms with Crippen molar-refractivity contribution < 1.29 is 8.78 Å². The Kier molecular flexibility index (Phi) is 4.68. The molecule has 20 heavy (non-hydrogen) atoms. The summed E-state index contributed by atoms with van der Waals surface area (Å²) in [5.74, 6) is 1.90. The van der Waals surface area contributed by atoms with Gasteiger partial charge in [-0.2, -0.15) is 0 Å². The number of rotatable bonds is 1. The summed E-state index contributed by atoms with van der Waals surface area (Å²) in [5.41, 5.74) is 0.0431. The Morgan fingerprint density at radius 1 is 1.10 bits per heavy atom. The van der Waals surface area contributed by atoms with Crippen molar-refractivity contribution in [2.45, 2.75) is 31.9 Å². The zero-order chi connectivity index (χ0) is 15.8. The van der Waals surface area contributed by atoms with Crippen LogP contribution < -0.4 is 0 Å². The molecule has 0 aliphatic rings. The summed E-state index contributed by atoms with van der Waals surface area (Å²) in [6, 6.07) is 2.54. The van der Waals surface area contributed by atoms with Crippen LogP contribution in [0, 0.1) is 22.8 Å². The minimum absolute atomic E-state index is 0.0431. The average Bonchev–Trinajstić information content (AvgIpc) is 2.19. The van der Waals surface area contributed by atoms with Crippen molar-refractivity contribution in [3.63, 3.8) is 0 Å². The van der Waals surface area contributed by atoms with Gasteiger partial charge in [-0.3, -0.25) is 0 Å². The third kappa shape index (κ3) is 3.77. The number of hydrogen-bond acceptors (Lipinski definition) is 0. The summed E-state index contributed by atoms with van der Waals surface area (Å²) in [7, 11) is -2.19. The number of halogens is 3. The third-order valence-electron chi connectivity index (χ3n) is 4.19. The van der Waals surface area contributed by atoms with Crippen LogP contribution in [0.15, 0.2) is 16.6 Å². The summed E-state index contributed by atoms with van der Waals surface area (Å²) in [6.45, 7) is 6.50. The molecule has 4 heteroatoms. The lowest BCUT2D eigenvalue weighted by molar-refractivity contribution is 0.562. The summed E-state index contributed by atoms with van der Waals surface area (Å²) in [5, 5.41) is 3.33. The maximum Gasteiger partial charge on any atom is 0.131 e. The van der Waals surface area contributed by atoms with Gasteiger partial charge in [0.2, 0.25) is 0 Å². The zero-order valence-electron chi connectivity index (χ0n) is 12.9. The first kappa shape index (κ1) is 17.5. The molecule has 0 atom stereocenters. The number of benzene rings is 1. The van der Waals surface area contributed by atoms with Crippen molar-refractivity contribution in [3.8, 4) is 11.2 Å². The molecule has 0 fully saturated rings. The molecule has 0 nitrogen and oxygen atoms in total. The minimum Gasteiger partial charge on any atom is -0.237 e. The predicted molar refractivity (Wildman–Crippen MR) is 92.0 cm³/mol. The van der Waals surface area contributed by atoms with E-state index in [2.05, 4.69) is 66.6 Å². The lowest BCUT2D eigenvalue weighted by Crippen LogP contribution is -2.33. The van der Waals surface area contributed by atoms with Crippen LogP contribution in [0.1, 0.15) is 26.3 Å². The Labute approximate surface area is 129 Å². The Balaban J connectivity index is 3.10. The van der Waals surface area contributed by atoms with Gasteiger partial charge in [-0.15, -0.1) is 0 Å². The lowest BCUT2D eigenvalue weighted by atomic mass is 10.1.